The highest BCUT2D eigenvalue weighted by Gasteiger charge is 2.06. The number of pyridine rings is 1. The lowest BCUT2D eigenvalue weighted by Crippen LogP contribution is -2.01. The molecule has 17 heavy (non-hydrogen) atoms. The second kappa shape index (κ2) is 5.52. The summed E-state index contributed by atoms with van der Waals surface area (Å²) in [5.74, 6) is 1.27. The molecule has 0 amide bonds. The predicted octanol–water partition coefficient (Wildman–Crippen LogP) is 2.24. The fourth-order valence-electron chi connectivity index (χ4n) is 1.91. The van der Waals surface area contributed by atoms with E-state index in [2.05, 4.69) is 39.5 Å². The van der Waals surface area contributed by atoms with Crippen molar-refractivity contribution in [2.75, 3.05) is 0 Å². The first-order valence-electron chi connectivity index (χ1n) is 5.98. The molecule has 2 rings (SSSR count). The maximum atomic E-state index is 4.44. The molecule has 2 aromatic heterocycles. The lowest BCUT2D eigenvalue weighted by Gasteiger charge is -2.08. The van der Waals surface area contributed by atoms with Crippen molar-refractivity contribution in [1.29, 1.82) is 0 Å². The normalized spacial score (nSPS) is 12.6. The van der Waals surface area contributed by atoms with Crippen molar-refractivity contribution in [3.8, 4) is 11.4 Å². The standard InChI is InChI=1S/C12H17N5/c1-3-4-9(2)7-11-6-5-10(8-13-11)12-14-16-17-15-12/h5-6,8-9H,3-4,7H2,1-2H3,(H,14,15,16,17). The summed E-state index contributed by atoms with van der Waals surface area (Å²) in [6, 6.07) is 4.03. The molecule has 90 valence electrons. The molecule has 1 N–H and O–H groups in total. The predicted molar refractivity (Wildman–Crippen MR) is 65.2 cm³/mol. The Morgan fingerprint density at radius 2 is 2.24 bits per heavy atom. The molecule has 0 saturated heterocycles. The molecule has 0 fully saturated rings. The van der Waals surface area contributed by atoms with Crippen LogP contribution in [0, 0.1) is 5.92 Å². The lowest BCUT2D eigenvalue weighted by molar-refractivity contribution is 0.516. The summed E-state index contributed by atoms with van der Waals surface area (Å²) in [5, 5.41) is 13.8. The number of rotatable bonds is 5. The van der Waals surface area contributed by atoms with Crippen LogP contribution in [-0.4, -0.2) is 25.6 Å². The van der Waals surface area contributed by atoms with Crippen LogP contribution in [0.5, 0.6) is 0 Å². The van der Waals surface area contributed by atoms with Crippen molar-refractivity contribution in [3.63, 3.8) is 0 Å². The Kier molecular flexibility index (Phi) is 3.80. The van der Waals surface area contributed by atoms with E-state index in [9.17, 15) is 0 Å². The van der Waals surface area contributed by atoms with Gasteiger partial charge in [-0.1, -0.05) is 26.7 Å². The van der Waals surface area contributed by atoms with Gasteiger partial charge in [0.2, 0.25) is 5.82 Å². The topological polar surface area (TPSA) is 67.3 Å². The number of H-pyrrole nitrogens is 1. The van der Waals surface area contributed by atoms with E-state index in [1.54, 1.807) is 6.20 Å². The molecule has 0 radical (unpaired) electrons. The Morgan fingerprint density at radius 1 is 1.35 bits per heavy atom. The van der Waals surface area contributed by atoms with Gasteiger partial charge in [0.05, 0.1) is 0 Å². The third-order valence-electron chi connectivity index (χ3n) is 2.77. The molecule has 5 nitrogen and oxygen atoms in total. The average molecular weight is 231 g/mol. The Morgan fingerprint density at radius 3 is 2.82 bits per heavy atom. The molecular formula is C12H17N5. The summed E-state index contributed by atoms with van der Waals surface area (Å²) in [6.45, 7) is 4.47. The van der Waals surface area contributed by atoms with E-state index in [1.165, 1.54) is 12.8 Å². The van der Waals surface area contributed by atoms with Crippen molar-refractivity contribution >= 4 is 0 Å². The van der Waals surface area contributed by atoms with Gasteiger partial charge in [-0.2, -0.15) is 5.21 Å². The maximum Gasteiger partial charge on any atom is 0.206 e. The average Bonchev–Trinajstić information content (AvgIpc) is 2.84. The van der Waals surface area contributed by atoms with E-state index in [-0.39, 0.29) is 0 Å². The SMILES string of the molecule is CCCC(C)Cc1ccc(-c2nn[nH]n2)cn1. The summed E-state index contributed by atoms with van der Waals surface area (Å²) >= 11 is 0. The first kappa shape index (κ1) is 11.7. The van der Waals surface area contributed by atoms with E-state index < -0.39 is 0 Å². The molecule has 0 bridgehead atoms. The summed E-state index contributed by atoms with van der Waals surface area (Å²) in [7, 11) is 0. The molecule has 2 aromatic rings. The monoisotopic (exact) mass is 231 g/mol. The van der Waals surface area contributed by atoms with Crippen LogP contribution in [0.15, 0.2) is 18.3 Å². The largest absolute Gasteiger partial charge is 0.261 e. The fraction of sp³-hybridized carbons (Fsp3) is 0.500. The van der Waals surface area contributed by atoms with Crippen LogP contribution in [-0.2, 0) is 6.42 Å². The minimum Gasteiger partial charge on any atom is -0.261 e. The maximum absolute atomic E-state index is 4.44. The zero-order valence-corrected chi connectivity index (χ0v) is 10.2. The number of hydrogen-bond acceptors (Lipinski definition) is 4. The first-order valence-corrected chi connectivity index (χ1v) is 5.98. The van der Waals surface area contributed by atoms with Gasteiger partial charge >= 0.3 is 0 Å². The molecule has 2 heterocycles. The highest BCUT2D eigenvalue weighted by atomic mass is 15.5. The van der Waals surface area contributed by atoms with Gasteiger partial charge in [-0.15, -0.1) is 10.2 Å². The van der Waals surface area contributed by atoms with E-state index >= 15 is 0 Å². The Balaban J connectivity index is 2.03. The number of aromatic nitrogens is 5. The number of aromatic amines is 1. The van der Waals surface area contributed by atoms with Gasteiger partial charge in [0.1, 0.15) is 0 Å². The Bertz CT molecular complexity index is 434. The molecule has 0 saturated carbocycles. The minimum absolute atomic E-state index is 0.589. The molecule has 0 aliphatic rings. The second-order valence-electron chi connectivity index (χ2n) is 4.37. The zero-order chi connectivity index (χ0) is 12.1. The van der Waals surface area contributed by atoms with Crippen LogP contribution in [0.25, 0.3) is 11.4 Å². The highest BCUT2D eigenvalue weighted by Crippen LogP contribution is 2.15. The number of tetrazole rings is 1. The van der Waals surface area contributed by atoms with Gasteiger partial charge in [-0.05, 0) is 29.7 Å². The van der Waals surface area contributed by atoms with Crippen LogP contribution in [0.1, 0.15) is 32.4 Å². The third kappa shape index (κ3) is 3.09. The molecule has 1 atom stereocenters. The smallest absolute Gasteiger partial charge is 0.206 e. The molecule has 0 aliphatic heterocycles. The van der Waals surface area contributed by atoms with Gasteiger partial charge in [0.15, 0.2) is 0 Å². The van der Waals surface area contributed by atoms with Gasteiger partial charge < -0.3 is 0 Å². The fourth-order valence-corrected chi connectivity index (χ4v) is 1.91. The van der Waals surface area contributed by atoms with Crippen LogP contribution >= 0.6 is 0 Å². The van der Waals surface area contributed by atoms with Gasteiger partial charge in [0.25, 0.3) is 0 Å². The zero-order valence-electron chi connectivity index (χ0n) is 10.2. The minimum atomic E-state index is 0.589. The quantitative estimate of drug-likeness (QED) is 0.856. The highest BCUT2D eigenvalue weighted by molar-refractivity contribution is 5.51. The van der Waals surface area contributed by atoms with Crippen molar-refractivity contribution in [2.45, 2.75) is 33.1 Å². The lowest BCUT2D eigenvalue weighted by atomic mass is 10.00. The number of nitrogens with one attached hydrogen (secondary N) is 1. The van der Waals surface area contributed by atoms with E-state index in [0.29, 0.717) is 11.7 Å². The first-order chi connectivity index (χ1) is 8.29. The van der Waals surface area contributed by atoms with E-state index in [0.717, 1.165) is 17.7 Å². The van der Waals surface area contributed by atoms with Crippen molar-refractivity contribution in [1.82, 2.24) is 25.6 Å². The molecule has 0 aromatic carbocycles. The van der Waals surface area contributed by atoms with E-state index in [1.807, 2.05) is 12.1 Å². The van der Waals surface area contributed by atoms with Gasteiger partial charge in [-0.3, -0.25) is 4.98 Å². The summed E-state index contributed by atoms with van der Waals surface area (Å²) in [6.07, 6.45) is 5.30. The van der Waals surface area contributed by atoms with Crippen LogP contribution < -0.4 is 0 Å². The van der Waals surface area contributed by atoms with Crippen molar-refractivity contribution < 1.29 is 0 Å². The number of nitrogens with zero attached hydrogens (tertiary/aromatic N) is 4. The van der Waals surface area contributed by atoms with Gasteiger partial charge in [-0.25, -0.2) is 0 Å². The van der Waals surface area contributed by atoms with Crippen molar-refractivity contribution in [2.24, 2.45) is 5.92 Å². The van der Waals surface area contributed by atoms with Crippen LogP contribution in [0.2, 0.25) is 0 Å². The molecule has 5 heteroatoms. The summed E-state index contributed by atoms with van der Waals surface area (Å²) in [5.41, 5.74) is 2.02. The molecule has 1 unspecified atom stereocenters. The summed E-state index contributed by atoms with van der Waals surface area (Å²) in [4.78, 5) is 4.44. The van der Waals surface area contributed by atoms with Crippen molar-refractivity contribution in [3.05, 3.63) is 24.0 Å². The van der Waals surface area contributed by atoms with Crippen LogP contribution in [0.4, 0.5) is 0 Å². The van der Waals surface area contributed by atoms with Gasteiger partial charge in [0, 0.05) is 17.5 Å². The third-order valence-corrected chi connectivity index (χ3v) is 2.77. The van der Waals surface area contributed by atoms with Crippen LogP contribution in [0.3, 0.4) is 0 Å². The number of hydrogen-bond donors (Lipinski definition) is 1. The molecular weight excluding hydrogens is 214 g/mol. The molecule has 0 spiro atoms. The van der Waals surface area contributed by atoms with E-state index in [4.69, 9.17) is 0 Å². The summed E-state index contributed by atoms with van der Waals surface area (Å²) < 4.78 is 0. The molecule has 0 aliphatic carbocycles. The Labute approximate surface area is 101 Å². The second-order valence-corrected chi connectivity index (χ2v) is 4.37. The Hall–Kier alpha value is -1.78.